The van der Waals surface area contributed by atoms with Gasteiger partial charge in [0.2, 0.25) is 5.82 Å². The molecular weight excluding hydrogens is 361 g/mol. The van der Waals surface area contributed by atoms with Crippen molar-refractivity contribution in [1.82, 2.24) is 0 Å². The average molecular weight is 377 g/mol. The Labute approximate surface area is 153 Å². The Kier molecular flexibility index (Phi) is 5.44. The van der Waals surface area contributed by atoms with Gasteiger partial charge in [-0.1, -0.05) is 49.7 Å². The maximum atomic E-state index is 13.8. The molecule has 3 aromatic rings. The first-order valence-electron chi connectivity index (χ1n) is 8.40. The SMILES string of the molecule is CCCc1cccc(-c2ccc(Nc3c(F)c(F)c(F)c(F)c3F)cc2)c1. The standard InChI is InChI=1S/C21H16F5N/c1-2-4-12-5-3-6-14(11-12)13-7-9-15(10-8-13)27-21-19(25)17(23)16(22)18(24)20(21)26/h3,5-11,27H,2,4H2,1H3. The monoisotopic (exact) mass is 377 g/mol. The van der Waals surface area contributed by atoms with Gasteiger partial charge in [-0.2, -0.15) is 0 Å². The number of rotatable bonds is 5. The van der Waals surface area contributed by atoms with E-state index in [1.807, 2.05) is 18.2 Å². The van der Waals surface area contributed by atoms with Crippen LogP contribution in [0.4, 0.5) is 33.3 Å². The second kappa shape index (κ2) is 7.78. The molecule has 0 aromatic heterocycles. The summed E-state index contributed by atoms with van der Waals surface area (Å²) in [6.07, 6.45) is 1.97. The Morgan fingerprint density at radius 1 is 0.704 bits per heavy atom. The molecule has 0 bridgehead atoms. The van der Waals surface area contributed by atoms with Crippen LogP contribution < -0.4 is 5.32 Å². The number of benzene rings is 3. The second-order valence-electron chi connectivity index (χ2n) is 6.10. The number of hydrogen-bond donors (Lipinski definition) is 1. The maximum Gasteiger partial charge on any atom is 0.200 e. The van der Waals surface area contributed by atoms with Crippen molar-refractivity contribution in [2.75, 3.05) is 5.32 Å². The van der Waals surface area contributed by atoms with Crippen molar-refractivity contribution < 1.29 is 22.0 Å². The Morgan fingerprint density at radius 3 is 1.89 bits per heavy atom. The molecule has 0 radical (unpaired) electrons. The Balaban J connectivity index is 1.88. The summed E-state index contributed by atoms with van der Waals surface area (Å²) in [6.45, 7) is 2.09. The van der Waals surface area contributed by atoms with Gasteiger partial charge >= 0.3 is 0 Å². The first-order valence-corrected chi connectivity index (χ1v) is 8.40. The Hall–Kier alpha value is -2.89. The first kappa shape index (κ1) is 18.9. The van der Waals surface area contributed by atoms with E-state index < -0.39 is 34.8 Å². The van der Waals surface area contributed by atoms with Gasteiger partial charge in [0.25, 0.3) is 0 Å². The summed E-state index contributed by atoms with van der Waals surface area (Å²) in [5.74, 6) is -9.95. The second-order valence-corrected chi connectivity index (χ2v) is 6.10. The van der Waals surface area contributed by atoms with Crippen LogP contribution in [0.3, 0.4) is 0 Å². The van der Waals surface area contributed by atoms with Crippen LogP contribution in [-0.4, -0.2) is 0 Å². The summed E-state index contributed by atoms with van der Waals surface area (Å²) in [7, 11) is 0. The first-order chi connectivity index (χ1) is 12.9. The van der Waals surface area contributed by atoms with E-state index in [4.69, 9.17) is 0 Å². The number of hydrogen-bond acceptors (Lipinski definition) is 1. The van der Waals surface area contributed by atoms with Crippen LogP contribution in [-0.2, 0) is 6.42 Å². The minimum atomic E-state index is -2.18. The minimum absolute atomic E-state index is 0.201. The van der Waals surface area contributed by atoms with Gasteiger partial charge in [-0.3, -0.25) is 0 Å². The van der Waals surface area contributed by atoms with Crippen LogP contribution in [0.5, 0.6) is 0 Å². The molecular formula is C21H16F5N. The van der Waals surface area contributed by atoms with Gasteiger partial charge in [0.05, 0.1) is 0 Å². The number of aryl methyl sites for hydroxylation is 1. The fourth-order valence-corrected chi connectivity index (χ4v) is 2.80. The van der Waals surface area contributed by atoms with Crippen molar-refractivity contribution in [2.24, 2.45) is 0 Å². The highest BCUT2D eigenvalue weighted by molar-refractivity contribution is 5.69. The van der Waals surface area contributed by atoms with Crippen molar-refractivity contribution in [2.45, 2.75) is 19.8 Å². The highest BCUT2D eigenvalue weighted by Crippen LogP contribution is 2.30. The van der Waals surface area contributed by atoms with Gasteiger partial charge < -0.3 is 5.32 Å². The van der Waals surface area contributed by atoms with E-state index in [1.54, 1.807) is 12.1 Å². The topological polar surface area (TPSA) is 12.0 Å². The van der Waals surface area contributed by atoms with Crippen LogP contribution >= 0.6 is 0 Å². The Bertz CT molecular complexity index is 938. The molecule has 0 saturated heterocycles. The number of nitrogens with one attached hydrogen (secondary N) is 1. The lowest BCUT2D eigenvalue weighted by Gasteiger charge is -2.12. The van der Waals surface area contributed by atoms with Crippen molar-refractivity contribution in [1.29, 1.82) is 0 Å². The molecule has 6 heteroatoms. The molecule has 27 heavy (non-hydrogen) atoms. The fraction of sp³-hybridized carbons (Fsp3) is 0.143. The van der Waals surface area contributed by atoms with Crippen LogP contribution in [0, 0.1) is 29.1 Å². The van der Waals surface area contributed by atoms with E-state index in [0.29, 0.717) is 0 Å². The lowest BCUT2D eigenvalue weighted by atomic mass is 10.0. The van der Waals surface area contributed by atoms with Crippen LogP contribution in [0.2, 0.25) is 0 Å². The predicted molar refractivity (Wildman–Crippen MR) is 95.4 cm³/mol. The minimum Gasteiger partial charge on any atom is -0.351 e. The third kappa shape index (κ3) is 3.79. The third-order valence-corrected chi connectivity index (χ3v) is 4.16. The Morgan fingerprint density at radius 2 is 1.30 bits per heavy atom. The zero-order chi connectivity index (χ0) is 19.6. The third-order valence-electron chi connectivity index (χ3n) is 4.16. The molecule has 0 unspecified atom stereocenters. The lowest BCUT2D eigenvalue weighted by molar-refractivity contribution is 0.382. The lowest BCUT2D eigenvalue weighted by Crippen LogP contribution is -2.06. The smallest absolute Gasteiger partial charge is 0.200 e. The van der Waals surface area contributed by atoms with Gasteiger partial charge in [0.1, 0.15) is 5.69 Å². The largest absolute Gasteiger partial charge is 0.351 e. The molecule has 3 rings (SSSR count). The zero-order valence-corrected chi connectivity index (χ0v) is 14.4. The van der Waals surface area contributed by atoms with Crippen LogP contribution in [0.1, 0.15) is 18.9 Å². The van der Waals surface area contributed by atoms with E-state index >= 15 is 0 Å². The van der Waals surface area contributed by atoms with E-state index in [0.717, 1.165) is 24.0 Å². The van der Waals surface area contributed by atoms with Crippen LogP contribution in [0.25, 0.3) is 11.1 Å². The molecule has 0 atom stereocenters. The molecule has 0 aliphatic carbocycles. The summed E-state index contributed by atoms with van der Waals surface area (Å²) in [6, 6.07) is 14.4. The molecule has 1 N–H and O–H groups in total. The van der Waals surface area contributed by atoms with Crippen molar-refractivity contribution in [3.63, 3.8) is 0 Å². The van der Waals surface area contributed by atoms with E-state index in [-0.39, 0.29) is 5.69 Å². The summed E-state index contributed by atoms with van der Waals surface area (Å²) in [5, 5.41) is 2.26. The van der Waals surface area contributed by atoms with Crippen LogP contribution in [0.15, 0.2) is 48.5 Å². The quantitative estimate of drug-likeness (QED) is 0.295. The van der Waals surface area contributed by atoms with Gasteiger partial charge in [0, 0.05) is 5.69 Å². The van der Waals surface area contributed by atoms with Crippen molar-refractivity contribution in [3.05, 3.63) is 83.2 Å². The maximum absolute atomic E-state index is 13.8. The van der Waals surface area contributed by atoms with Gasteiger partial charge in [0.15, 0.2) is 23.3 Å². The van der Waals surface area contributed by atoms with Crippen molar-refractivity contribution in [3.8, 4) is 11.1 Å². The molecule has 0 aliphatic heterocycles. The summed E-state index contributed by atoms with van der Waals surface area (Å²) >= 11 is 0. The summed E-state index contributed by atoms with van der Waals surface area (Å²) in [5.41, 5.74) is 2.16. The molecule has 3 aromatic carbocycles. The summed E-state index contributed by atoms with van der Waals surface area (Å²) in [4.78, 5) is 0. The molecule has 0 amide bonds. The zero-order valence-electron chi connectivity index (χ0n) is 14.4. The van der Waals surface area contributed by atoms with Gasteiger partial charge in [-0.05, 0) is 35.2 Å². The van der Waals surface area contributed by atoms with Gasteiger partial charge in [-0.25, -0.2) is 22.0 Å². The highest BCUT2D eigenvalue weighted by atomic mass is 19.2. The van der Waals surface area contributed by atoms with E-state index in [1.165, 1.54) is 17.7 Å². The molecule has 0 heterocycles. The highest BCUT2D eigenvalue weighted by Gasteiger charge is 2.25. The van der Waals surface area contributed by atoms with Gasteiger partial charge in [-0.15, -0.1) is 0 Å². The molecule has 0 spiro atoms. The van der Waals surface area contributed by atoms with E-state index in [9.17, 15) is 22.0 Å². The molecule has 0 saturated carbocycles. The normalized spacial score (nSPS) is 10.9. The number of halogens is 5. The average Bonchev–Trinajstić information content (AvgIpc) is 2.69. The predicted octanol–water partition coefficient (Wildman–Crippen LogP) is 6.75. The molecule has 0 aliphatic rings. The molecule has 0 fully saturated rings. The molecule has 1 nitrogen and oxygen atoms in total. The molecule has 140 valence electrons. The summed E-state index contributed by atoms with van der Waals surface area (Å²) < 4.78 is 67.2. The fourth-order valence-electron chi connectivity index (χ4n) is 2.80. The number of anilines is 2. The van der Waals surface area contributed by atoms with Crippen molar-refractivity contribution >= 4 is 11.4 Å². The van der Waals surface area contributed by atoms with E-state index in [2.05, 4.69) is 18.3 Å².